The lowest BCUT2D eigenvalue weighted by atomic mass is 9.95. The second-order valence-corrected chi connectivity index (χ2v) is 6.17. The highest BCUT2D eigenvalue weighted by Crippen LogP contribution is 2.24. The topological polar surface area (TPSA) is 36.4 Å². The summed E-state index contributed by atoms with van der Waals surface area (Å²) in [6.07, 6.45) is 3.74. The van der Waals surface area contributed by atoms with E-state index in [-0.39, 0.29) is 12.5 Å². The molecule has 96 valence electrons. The Morgan fingerprint density at radius 3 is 3.18 bits per heavy atom. The quantitative estimate of drug-likeness (QED) is 0.894. The van der Waals surface area contributed by atoms with Crippen LogP contribution in [0, 0.1) is 5.92 Å². The Hall–Kier alpha value is -0.450. The molecule has 0 spiro atoms. The van der Waals surface area contributed by atoms with E-state index in [1.54, 1.807) is 11.3 Å². The van der Waals surface area contributed by atoms with Crippen molar-refractivity contribution in [2.24, 2.45) is 5.92 Å². The van der Waals surface area contributed by atoms with Crippen LogP contribution in [0.4, 0.5) is 0 Å². The summed E-state index contributed by atoms with van der Waals surface area (Å²) in [5, 5.41) is 12.4. The summed E-state index contributed by atoms with van der Waals surface area (Å²) in [6, 6.07) is 0. The summed E-state index contributed by atoms with van der Waals surface area (Å²) in [5.74, 6) is 0.936. The molecule has 0 radical (unpaired) electrons. The summed E-state index contributed by atoms with van der Waals surface area (Å²) < 4.78 is 0. The standard InChI is InChI=1S/C13H22N2OS/c1-10(8-16)12-9-17-13(14-12)6-11-4-3-5-15(2)7-11/h9-11,16H,3-8H2,1-2H3. The second kappa shape index (κ2) is 5.94. The molecule has 0 saturated carbocycles. The van der Waals surface area contributed by atoms with Crippen LogP contribution >= 0.6 is 11.3 Å². The van der Waals surface area contributed by atoms with Gasteiger partial charge in [-0.15, -0.1) is 11.3 Å². The van der Waals surface area contributed by atoms with Crippen LogP contribution in [-0.4, -0.2) is 41.7 Å². The Kier molecular flexibility index (Phi) is 4.54. The number of aliphatic hydroxyl groups is 1. The molecular weight excluding hydrogens is 232 g/mol. The lowest BCUT2D eigenvalue weighted by Crippen LogP contribution is -2.32. The number of aromatic nitrogens is 1. The summed E-state index contributed by atoms with van der Waals surface area (Å²) in [6.45, 7) is 4.65. The van der Waals surface area contributed by atoms with E-state index in [2.05, 4.69) is 22.3 Å². The molecule has 1 N–H and O–H groups in total. The van der Waals surface area contributed by atoms with Crippen molar-refractivity contribution in [1.82, 2.24) is 9.88 Å². The van der Waals surface area contributed by atoms with Crippen molar-refractivity contribution in [1.29, 1.82) is 0 Å². The third kappa shape index (κ3) is 3.50. The molecule has 2 unspecified atom stereocenters. The minimum atomic E-state index is 0.175. The van der Waals surface area contributed by atoms with Gasteiger partial charge in [0, 0.05) is 24.3 Å². The highest BCUT2D eigenvalue weighted by Gasteiger charge is 2.19. The Bertz CT molecular complexity index is 353. The monoisotopic (exact) mass is 254 g/mol. The number of piperidine rings is 1. The summed E-state index contributed by atoms with van der Waals surface area (Å²) in [7, 11) is 2.20. The lowest BCUT2D eigenvalue weighted by Gasteiger charge is -2.29. The highest BCUT2D eigenvalue weighted by atomic mass is 32.1. The summed E-state index contributed by atoms with van der Waals surface area (Å²) >= 11 is 1.75. The first-order chi connectivity index (χ1) is 8.19. The van der Waals surface area contributed by atoms with Crippen molar-refractivity contribution < 1.29 is 5.11 Å². The van der Waals surface area contributed by atoms with Gasteiger partial charge in [-0.3, -0.25) is 0 Å². The predicted octanol–water partition coefficient (Wildman–Crippen LogP) is 2.12. The van der Waals surface area contributed by atoms with Gasteiger partial charge in [0.1, 0.15) is 0 Å². The maximum absolute atomic E-state index is 9.11. The fourth-order valence-corrected chi connectivity index (χ4v) is 3.46. The number of nitrogens with zero attached hydrogens (tertiary/aromatic N) is 2. The SMILES string of the molecule is CC(CO)c1csc(CC2CCCN(C)C2)n1. The molecule has 2 rings (SSSR count). The van der Waals surface area contributed by atoms with E-state index in [9.17, 15) is 0 Å². The smallest absolute Gasteiger partial charge is 0.0931 e. The van der Waals surface area contributed by atoms with E-state index >= 15 is 0 Å². The van der Waals surface area contributed by atoms with Crippen molar-refractivity contribution in [3.63, 3.8) is 0 Å². The van der Waals surface area contributed by atoms with Crippen molar-refractivity contribution in [3.05, 3.63) is 16.1 Å². The van der Waals surface area contributed by atoms with Crippen LogP contribution in [0.15, 0.2) is 5.38 Å². The van der Waals surface area contributed by atoms with Crippen LogP contribution < -0.4 is 0 Å². The zero-order valence-electron chi connectivity index (χ0n) is 10.7. The molecular formula is C13H22N2OS. The van der Waals surface area contributed by atoms with Gasteiger partial charge >= 0.3 is 0 Å². The van der Waals surface area contributed by atoms with Gasteiger partial charge in [0.2, 0.25) is 0 Å². The van der Waals surface area contributed by atoms with Crippen LogP contribution in [0.2, 0.25) is 0 Å². The van der Waals surface area contributed by atoms with E-state index in [4.69, 9.17) is 5.11 Å². The van der Waals surface area contributed by atoms with Gasteiger partial charge in [-0.25, -0.2) is 4.98 Å². The average molecular weight is 254 g/mol. The van der Waals surface area contributed by atoms with Gasteiger partial charge in [0.05, 0.1) is 17.3 Å². The first kappa shape index (κ1) is 13.0. The normalized spacial score (nSPS) is 23.8. The van der Waals surface area contributed by atoms with Crippen molar-refractivity contribution in [2.45, 2.75) is 32.1 Å². The summed E-state index contributed by atoms with van der Waals surface area (Å²) in [5.41, 5.74) is 1.05. The zero-order chi connectivity index (χ0) is 12.3. The largest absolute Gasteiger partial charge is 0.396 e. The van der Waals surface area contributed by atoms with Crippen molar-refractivity contribution in [2.75, 3.05) is 26.7 Å². The number of thiazole rings is 1. The maximum Gasteiger partial charge on any atom is 0.0931 e. The van der Waals surface area contributed by atoms with E-state index in [1.165, 1.54) is 30.9 Å². The van der Waals surface area contributed by atoms with Gasteiger partial charge in [-0.05, 0) is 32.4 Å². The van der Waals surface area contributed by atoms with Crippen molar-refractivity contribution >= 4 is 11.3 Å². The third-order valence-electron chi connectivity index (χ3n) is 3.53. The molecule has 1 aromatic heterocycles. The minimum Gasteiger partial charge on any atom is -0.396 e. The Morgan fingerprint density at radius 1 is 1.65 bits per heavy atom. The number of rotatable bonds is 4. The molecule has 3 nitrogen and oxygen atoms in total. The van der Waals surface area contributed by atoms with Gasteiger partial charge in [-0.1, -0.05) is 6.92 Å². The van der Waals surface area contributed by atoms with E-state index in [0.29, 0.717) is 0 Å². The van der Waals surface area contributed by atoms with Crippen LogP contribution in [0.5, 0.6) is 0 Å². The number of aliphatic hydroxyl groups excluding tert-OH is 1. The average Bonchev–Trinajstić information content (AvgIpc) is 2.76. The molecule has 4 heteroatoms. The molecule has 2 heterocycles. The van der Waals surface area contributed by atoms with Crippen molar-refractivity contribution in [3.8, 4) is 0 Å². The molecule has 0 aromatic carbocycles. The molecule has 1 saturated heterocycles. The van der Waals surface area contributed by atoms with Crippen LogP contribution in [0.25, 0.3) is 0 Å². The second-order valence-electron chi connectivity index (χ2n) is 5.22. The molecule has 1 aliphatic rings. The molecule has 0 bridgehead atoms. The molecule has 2 atom stereocenters. The van der Waals surface area contributed by atoms with Gasteiger partial charge < -0.3 is 10.0 Å². The van der Waals surface area contributed by atoms with Gasteiger partial charge in [0.25, 0.3) is 0 Å². The summed E-state index contributed by atoms with van der Waals surface area (Å²) in [4.78, 5) is 7.06. The van der Waals surface area contributed by atoms with Crippen LogP contribution in [0.3, 0.4) is 0 Å². The number of hydrogen-bond acceptors (Lipinski definition) is 4. The Labute approximate surface area is 107 Å². The molecule has 0 amide bonds. The number of hydrogen-bond donors (Lipinski definition) is 1. The molecule has 1 aliphatic heterocycles. The Morgan fingerprint density at radius 2 is 2.47 bits per heavy atom. The van der Waals surface area contributed by atoms with Crippen LogP contribution in [0.1, 0.15) is 36.4 Å². The van der Waals surface area contributed by atoms with Gasteiger partial charge in [-0.2, -0.15) is 0 Å². The predicted molar refractivity (Wildman–Crippen MR) is 71.5 cm³/mol. The Balaban J connectivity index is 1.92. The zero-order valence-corrected chi connectivity index (χ0v) is 11.5. The van der Waals surface area contributed by atoms with E-state index in [1.807, 2.05) is 6.92 Å². The molecule has 17 heavy (non-hydrogen) atoms. The first-order valence-electron chi connectivity index (χ1n) is 6.42. The minimum absolute atomic E-state index is 0.175. The first-order valence-corrected chi connectivity index (χ1v) is 7.30. The lowest BCUT2D eigenvalue weighted by molar-refractivity contribution is 0.209. The van der Waals surface area contributed by atoms with E-state index in [0.717, 1.165) is 18.0 Å². The van der Waals surface area contributed by atoms with Crippen LogP contribution in [-0.2, 0) is 6.42 Å². The maximum atomic E-state index is 9.11. The highest BCUT2D eigenvalue weighted by molar-refractivity contribution is 7.09. The van der Waals surface area contributed by atoms with Gasteiger partial charge in [0.15, 0.2) is 0 Å². The fraction of sp³-hybridized carbons (Fsp3) is 0.769. The molecule has 1 fully saturated rings. The number of likely N-dealkylation sites (tertiary alicyclic amines) is 1. The molecule has 1 aromatic rings. The van der Waals surface area contributed by atoms with E-state index < -0.39 is 0 Å². The fourth-order valence-electron chi connectivity index (χ4n) is 2.43. The third-order valence-corrected chi connectivity index (χ3v) is 4.42. The molecule has 0 aliphatic carbocycles.